The van der Waals surface area contributed by atoms with Gasteiger partial charge in [-0.3, -0.25) is 4.79 Å². The minimum Gasteiger partial charge on any atom is -0.324 e. The van der Waals surface area contributed by atoms with E-state index < -0.39 is 17.6 Å². The molecule has 26 heavy (non-hydrogen) atoms. The van der Waals surface area contributed by atoms with Crippen molar-refractivity contribution in [2.75, 3.05) is 5.32 Å². The summed E-state index contributed by atoms with van der Waals surface area (Å²) in [6, 6.07) is 9.94. The molecular formula is C18H13ClF3N3O. The lowest BCUT2D eigenvalue weighted by atomic mass is 10.1. The van der Waals surface area contributed by atoms with Gasteiger partial charge < -0.3 is 9.88 Å². The molecule has 3 rings (SSSR count). The number of carbonyl (C=O) groups is 1. The quantitative estimate of drug-likeness (QED) is 0.712. The maximum Gasteiger partial charge on any atom is 0.416 e. The second-order valence-electron chi connectivity index (χ2n) is 5.52. The zero-order valence-electron chi connectivity index (χ0n) is 13.3. The normalized spacial score (nSPS) is 11.4. The van der Waals surface area contributed by atoms with Gasteiger partial charge in [-0.25, -0.2) is 4.98 Å². The van der Waals surface area contributed by atoms with Crippen LogP contribution in [0.4, 0.5) is 18.9 Å². The van der Waals surface area contributed by atoms with Gasteiger partial charge >= 0.3 is 6.18 Å². The number of anilines is 1. The summed E-state index contributed by atoms with van der Waals surface area (Å²) in [5.74, 6) is -0.473. The molecule has 0 aliphatic carbocycles. The predicted molar refractivity (Wildman–Crippen MR) is 92.4 cm³/mol. The van der Waals surface area contributed by atoms with E-state index in [0.717, 1.165) is 12.1 Å². The highest BCUT2D eigenvalue weighted by Crippen LogP contribution is 2.33. The zero-order chi connectivity index (χ0) is 18.7. The van der Waals surface area contributed by atoms with Gasteiger partial charge in [0, 0.05) is 17.4 Å². The number of rotatable bonds is 4. The van der Waals surface area contributed by atoms with E-state index in [1.165, 1.54) is 23.2 Å². The van der Waals surface area contributed by atoms with E-state index in [4.69, 9.17) is 11.6 Å². The van der Waals surface area contributed by atoms with Gasteiger partial charge in [0.1, 0.15) is 0 Å². The van der Waals surface area contributed by atoms with Gasteiger partial charge in [0.25, 0.3) is 0 Å². The molecule has 134 valence electrons. The van der Waals surface area contributed by atoms with Crippen LogP contribution >= 0.6 is 11.6 Å². The predicted octanol–water partition coefficient (Wildman–Crippen LogP) is 4.73. The molecule has 1 heterocycles. The fraction of sp³-hybridized carbons (Fsp3) is 0.111. The molecule has 4 nitrogen and oxygen atoms in total. The number of benzene rings is 2. The minimum absolute atomic E-state index is 0.0369. The lowest BCUT2D eigenvalue weighted by Crippen LogP contribution is -2.17. The molecule has 2 aromatic carbocycles. The summed E-state index contributed by atoms with van der Waals surface area (Å²) >= 11 is 6.03. The zero-order valence-corrected chi connectivity index (χ0v) is 14.1. The average molecular weight is 380 g/mol. The molecule has 0 saturated carbocycles. The van der Waals surface area contributed by atoms with Crippen molar-refractivity contribution < 1.29 is 18.0 Å². The summed E-state index contributed by atoms with van der Waals surface area (Å²) in [6.07, 6.45) is -0.0688. The fourth-order valence-electron chi connectivity index (χ4n) is 2.45. The molecule has 0 unspecified atom stereocenters. The Hall–Kier alpha value is -2.80. The highest BCUT2D eigenvalue weighted by molar-refractivity contribution is 6.31. The Labute approximate surface area is 152 Å². The number of hydrogen-bond acceptors (Lipinski definition) is 2. The van der Waals surface area contributed by atoms with Crippen LogP contribution in [-0.4, -0.2) is 15.5 Å². The highest BCUT2D eigenvalue weighted by atomic mass is 35.5. The lowest BCUT2D eigenvalue weighted by molar-refractivity contribution is -0.137. The largest absolute Gasteiger partial charge is 0.416 e. The number of nitrogens with zero attached hydrogens (tertiary/aromatic N) is 2. The smallest absolute Gasteiger partial charge is 0.324 e. The lowest BCUT2D eigenvalue weighted by Gasteiger charge is -2.15. The summed E-state index contributed by atoms with van der Waals surface area (Å²) < 4.78 is 40.6. The van der Waals surface area contributed by atoms with Crippen molar-refractivity contribution >= 4 is 23.2 Å². The molecule has 0 aliphatic rings. The number of carbonyl (C=O) groups excluding carboxylic acids is 1. The Kier molecular flexibility index (Phi) is 4.99. The minimum atomic E-state index is -4.52. The van der Waals surface area contributed by atoms with E-state index in [0.29, 0.717) is 16.3 Å². The van der Waals surface area contributed by atoms with Crippen LogP contribution in [0.1, 0.15) is 11.1 Å². The first-order valence-electron chi connectivity index (χ1n) is 7.57. The molecule has 8 heteroatoms. The molecule has 1 amide bonds. The first kappa shape index (κ1) is 18.0. The van der Waals surface area contributed by atoms with Gasteiger partial charge in [-0.05, 0) is 29.8 Å². The SMILES string of the molecule is O=C(Cc1ccccc1Cl)Nc1cc(C(F)(F)F)ccc1-n1ccnc1. The number of amides is 1. The topological polar surface area (TPSA) is 46.9 Å². The molecule has 0 atom stereocenters. The van der Waals surface area contributed by atoms with Crippen LogP contribution in [0.2, 0.25) is 5.02 Å². The summed E-state index contributed by atoms with van der Waals surface area (Å²) in [4.78, 5) is 16.2. The molecule has 0 radical (unpaired) electrons. The second kappa shape index (κ2) is 7.21. The van der Waals surface area contributed by atoms with E-state index in [9.17, 15) is 18.0 Å². The molecule has 3 aromatic rings. The first-order chi connectivity index (χ1) is 12.3. The van der Waals surface area contributed by atoms with E-state index in [-0.39, 0.29) is 12.1 Å². The van der Waals surface area contributed by atoms with Crippen LogP contribution in [0.25, 0.3) is 5.69 Å². The van der Waals surface area contributed by atoms with Crippen molar-refractivity contribution in [2.24, 2.45) is 0 Å². The van der Waals surface area contributed by atoms with Crippen LogP contribution in [0, 0.1) is 0 Å². The summed E-state index contributed by atoms with van der Waals surface area (Å²) in [5.41, 5.74) is 0.148. The van der Waals surface area contributed by atoms with E-state index >= 15 is 0 Å². The maximum atomic E-state index is 13.0. The number of nitrogens with one attached hydrogen (secondary N) is 1. The van der Waals surface area contributed by atoms with Gasteiger partial charge in [-0.1, -0.05) is 29.8 Å². The summed E-state index contributed by atoms with van der Waals surface area (Å²) in [6.45, 7) is 0. The number of hydrogen-bond donors (Lipinski definition) is 1. The molecule has 1 N–H and O–H groups in total. The van der Waals surface area contributed by atoms with Gasteiger partial charge in [0.15, 0.2) is 0 Å². The number of aromatic nitrogens is 2. The van der Waals surface area contributed by atoms with Crippen molar-refractivity contribution in [1.82, 2.24) is 9.55 Å². The Morgan fingerprint density at radius 1 is 1.19 bits per heavy atom. The Morgan fingerprint density at radius 3 is 2.62 bits per heavy atom. The van der Waals surface area contributed by atoms with Crippen molar-refractivity contribution in [3.05, 3.63) is 77.3 Å². The van der Waals surface area contributed by atoms with Crippen LogP contribution < -0.4 is 5.32 Å². The maximum absolute atomic E-state index is 13.0. The third kappa shape index (κ3) is 4.05. The number of halogens is 4. The van der Waals surface area contributed by atoms with Gasteiger partial charge in [-0.15, -0.1) is 0 Å². The molecule has 0 aliphatic heterocycles. The summed E-state index contributed by atoms with van der Waals surface area (Å²) in [5, 5.41) is 2.96. The Balaban J connectivity index is 1.91. The van der Waals surface area contributed by atoms with E-state index in [1.807, 2.05) is 0 Å². The van der Waals surface area contributed by atoms with Crippen molar-refractivity contribution in [2.45, 2.75) is 12.6 Å². The molecule has 0 bridgehead atoms. The van der Waals surface area contributed by atoms with Gasteiger partial charge in [0.05, 0.1) is 29.7 Å². The Bertz CT molecular complexity index is 924. The molecule has 0 spiro atoms. The first-order valence-corrected chi connectivity index (χ1v) is 7.95. The van der Waals surface area contributed by atoms with Crippen LogP contribution in [-0.2, 0) is 17.4 Å². The van der Waals surface area contributed by atoms with Gasteiger partial charge in [-0.2, -0.15) is 13.2 Å². The average Bonchev–Trinajstić information content (AvgIpc) is 3.10. The molecule has 0 fully saturated rings. The highest BCUT2D eigenvalue weighted by Gasteiger charge is 2.31. The van der Waals surface area contributed by atoms with Crippen molar-refractivity contribution in [1.29, 1.82) is 0 Å². The van der Waals surface area contributed by atoms with E-state index in [1.54, 1.807) is 30.5 Å². The van der Waals surface area contributed by atoms with Gasteiger partial charge in [0.2, 0.25) is 5.91 Å². The fourth-order valence-corrected chi connectivity index (χ4v) is 2.65. The second-order valence-corrected chi connectivity index (χ2v) is 5.92. The van der Waals surface area contributed by atoms with E-state index in [2.05, 4.69) is 10.3 Å². The van der Waals surface area contributed by atoms with Crippen molar-refractivity contribution in [3.8, 4) is 5.69 Å². The third-order valence-corrected chi connectivity index (χ3v) is 4.06. The molecule has 0 saturated heterocycles. The Morgan fingerprint density at radius 2 is 1.96 bits per heavy atom. The monoisotopic (exact) mass is 379 g/mol. The molecule has 1 aromatic heterocycles. The number of imidazole rings is 1. The van der Waals surface area contributed by atoms with Crippen LogP contribution in [0.15, 0.2) is 61.2 Å². The summed E-state index contributed by atoms with van der Waals surface area (Å²) in [7, 11) is 0. The van der Waals surface area contributed by atoms with Crippen LogP contribution in [0.5, 0.6) is 0 Å². The number of alkyl halides is 3. The standard InChI is InChI=1S/C18H13ClF3N3O/c19-14-4-2-1-3-12(14)9-17(26)24-15-10-13(18(20,21)22)5-6-16(15)25-8-7-23-11-25/h1-8,10-11H,9H2,(H,24,26). The van der Waals surface area contributed by atoms with Crippen molar-refractivity contribution in [3.63, 3.8) is 0 Å². The molecular weight excluding hydrogens is 367 g/mol. The third-order valence-electron chi connectivity index (χ3n) is 3.69. The van der Waals surface area contributed by atoms with Crippen LogP contribution in [0.3, 0.4) is 0 Å².